The van der Waals surface area contributed by atoms with E-state index in [1.807, 2.05) is 84.9 Å². The van der Waals surface area contributed by atoms with E-state index in [2.05, 4.69) is 10.9 Å². The van der Waals surface area contributed by atoms with Crippen LogP contribution in [0.2, 0.25) is 0 Å². The van der Waals surface area contributed by atoms with Crippen LogP contribution in [-0.4, -0.2) is 6.79 Å². The van der Waals surface area contributed by atoms with Gasteiger partial charge in [0, 0.05) is 0 Å². The van der Waals surface area contributed by atoms with Gasteiger partial charge in [-0.3, -0.25) is 0 Å². The van der Waals surface area contributed by atoms with Gasteiger partial charge in [-0.05, 0) is 58.7 Å². The Kier molecular flexibility index (Phi) is 8.80. The molecule has 0 aliphatic carbocycles. The summed E-state index contributed by atoms with van der Waals surface area (Å²) in [7, 11) is 0. The normalized spacial score (nSPS) is 9.39. The van der Waals surface area contributed by atoms with Gasteiger partial charge < -0.3 is 9.47 Å². The highest BCUT2D eigenvalue weighted by Crippen LogP contribution is 2.25. The fourth-order valence-corrected chi connectivity index (χ4v) is 3.12. The van der Waals surface area contributed by atoms with E-state index in [1.165, 1.54) is 0 Å². The smallest absolute Gasteiger partial charge is 0.230 e. The van der Waals surface area contributed by atoms with Crippen LogP contribution in [0.3, 0.4) is 0 Å². The molecule has 0 bridgehead atoms. The zero-order chi connectivity index (χ0) is 21.5. The summed E-state index contributed by atoms with van der Waals surface area (Å²) >= 11 is 0. The maximum absolute atomic E-state index is 8.90. The van der Waals surface area contributed by atoms with Crippen molar-refractivity contribution in [2.45, 2.75) is 14.9 Å². The first-order chi connectivity index (χ1) is 15.2. The third kappa shape index (κ3) is 6.23. The fourth-order valence-electron chi connectivity index (χ4n) is 3.12. The molecule has 0 unspecified atom stereocenters. The van der Waals surface area contributed by atoms with Crippen molar-refractivity contribution >= 4 is 5.69 Å². The fraction of sp³-hybridized carbons (Fsp3) is 0.103. The molecule has 0 saturated heterocycles. The van der Waals surface area contributed by atoms with Crippen molar-refractivity contribution < 1.29 is 9.47 Å². The Morgan fingerprint density at radius 2 is 0.970 bits per heavy atom. The van der Waals surface area contributed by atoms with Crippen molar-refractivity contribution in [1.29, 1.82) is 5.26 Å². The molecule has 0 aliphatic rings. The van der Waals surface area contributed by atoms with E-state index in [1.54, 1.807) is 12.1 Å². The van der Waals surface area contributed by atoms with Gasteiger partial charge in [-0.25, -0.2) is 4.85 Å². The van der Waals surface area contributed by atoms with Crippen molar-refractivity contribution in [2.75, 3.05) is 6.79 Å². The highest BCUT2D eigenvalue weighted by atomic mass is 16.7. The Hall–Kier alpha value is -4.54. The number of ether oxygens (including phenoxy) is 2. The second kappa shape index (κ2) is 11.7. The number of hydrogen-bond acceptors (Lipinski definition) is 3. The molecule has 33 heavy (non-hydrogen) atoms. The first-order valence-corrected chi connectivity index (χ1v) is 9.69. The molecule has 0 aromatic heterocycles. The molecule has 0 radical (unpaired) electrons. The third-order valence-corrected chi connectivity index (χ3v) is 4.84. The summed E-state index contributed by atoms with van der Waals surface area (Å²) in [4.78, 5) is 3.41. The van der Waals surface area contributed by atoms with Gasteiger partial charge >= 0.3 is 0 Å². The molecule has 164 valence electrons. The minimum absolute atomic E-state index is 0. The molecule has 4 heteroatoms. The van der Waals surface area contributed by atoms with Crippen LogP contribution in [0.4, 0.5) is 5.69 Å². The Morgan fingerprint density at radius 1 is 0.606 bits per heavy atom. The van der Waals surface area contributed by atoms with Crippen molar-refractivity contribution in [3.8, 4) is 39.8 Å². The van der Waals surface area contributed by atoms with Crippen LogP contribution in [0.5, 0.6) is 11.5 Å². The van der Waals surface area contributed by atoms with Gasteiger partial charge in [0.25, 0.3) is 0 Å². The van der Waals surface area contributed by atoms with E-state index in [-0.39, 0.29) is 21.6 Å². The van der Waals surface area contributed by atoms with Gasteiger partial charge in [0.2, 0.25) is 6.79 Å². The molecule has 0 saturated carbocycles. The summed E-state index contributed by atoms with van der Waals surface area (Å²) < 4.78 is 11.4. The molecule has 0 amide bonds. The van der Waals surface area contributed by atoms with E-state index >= 15 is 0 Å². The minimum atomic E-state index is 0. The molecule has 4 nitrogen and oxygen atoms in total. The number of rotatable bonds is 6. The molecule has 0 N–H and O–H groups in total. The zero-order valence-electron chi connectivity index (χ0n) is 16.7. The summed E-state index contributed by atoms with van der Waals surface area (Å²) in [6, 6.07) is 32.6. The second-order valence-corrected chi connectivity index (χ2v) is 6.80. The lowest BCUT2D eigenvalue weighted by Gasteiger charge is -2.10. The van der Waals surface area contributed by atoms with Gasteiger partial charge in [0.05, 0.1) is 18.2 Å². The van der Waals surface area contributed by atoms with Crippen molar-refractivity contribution in [3.05, 3.63) is 114 Å². The van der Waals surface area contributed by atoms with Gasteiger partial charge in [-0.15, -0.1) is 0 Å². The first kappa shape index (κ1) is 24.7. The van der Waals surface area contributed by atoms with Crippen molar-refractivity contribution in [1.82, 2.24) is 0 Å². The maximum Gasteiger partial charge on any atom is 0.230 e. The van der Waals surface area contributed by atoms with Crippen LogP contribution in [0, 0.1) is 17.9 Å². The quantitative estimate of drug-likeness (QED) is 0.227. The van der Waals surface area contributed by atoms with E-state index in [0.717, 1.165) is 28.0 Å². The average Bonchev–Trinajstić information content (AvgIpc) is 2.85. The summed E-state index contributed by atoms with van der Waals surface area (Å²) in [6.07, 6.45) is 0. The van der Waals surface area contributed by atoms with Crippen LogP contribution in [0.25, 0.3) is 27.1 Å². The van der Waals surface area contributed by atoms with Crippen LogP contribution >= 0.6 is 0 Å². The summed E-state index contributed by atoms with van der Waals surface area (Å²) in [5, 5.41) is 8.90. The number of nitrogens with zero attached hydrogens (tertiary/aromatic N) is 2. The standard InChI is InChI=1S/C27H18N2O2.2CH4/c1-29-25-12-6-22(7-13-25)24-10-16-27(17-11-24)31-19-30-26-14-8-23(9-15-26)21-4-2-20(18-28)3-5-21;;/h2-17H,19H2;2*1H4. The minimum Gasteiger partial charge on any atom is -0.458 e. The molecule has 4 rings (SSSR count). The molecule has 4 aromatic carbocycles. The van der Waals surface area contributed by atoms with Crippen LogP contribution in [0.1, 0.15) is 20.4 Å². The van der Waals surface area contributed by atoms with Gasteiger partial charge in [0.1, 0.15) is 11.5 Å². The Morgan fingerprint density at radius 3 is 1.33 bits per heavy atom. The van der Waals surface area contributed by atoms with Crippen LogP contribution in [0.15, 0.2) is 97.1 Å². The summed E-state index contributed by atoms with van der Waals surface area (Å²) in [6.45, 7) is 7.13. The Bertz CT molecular complexity index is 1130. The van der Waals surface area contributed by atoms with E-state index in [0.29, 0.717) is 17.0 Å². The predicted octanol–water partition coefficient (Wildman–Crippen LogP) is 8.13. The SMILES string of the molecule is C.C.[C-]#[N+]c1ccc(-c2ccc(OCOc3ccc(-c4ccc(C#N)cc4)cc3)cc2)cc1. The molecule has 0 atom stereocenters. The van der Waals surface area contributed by atoms with Crippen molar-refractivity contribution in [2.24, 2.45) is 0 Å². The lowest BCUT2D eigenvalue weighted by atomic mass is 10.0. The van der Waals surface area contributed by atoms with E-state index in [9.17, 15) is 0 Å². The lowest BCUT2D eigenvalue weighted by Crippen LogP contribution is -2.05. The Labute approximate surface area is 196 Å². The van der Waals surface area contributed by atoms with Gasteiger partial charge in [-0.2, -0.15) is 5.26 Å². The summed E-state index contributed by atoms with van der Waals surface area (Å²) in [5.41, 5.74) is 5.49. The highest BCUT2D eigenvalue weighted by molar-refractivity contribution is 5.67. The number of nitriles is 1. The highest BCUT2D eigenvalue weighted by Gasteiger charge is 2.02. The average molecular weight is 435 g/mol. The largest absolute Gasteiger partial charge is 0.458 e. The third-order valence-electron chi connectivity index (χ3n) is 4.84. The molecule has 0 spiro atoms. The number of hydrogen-bond donors (Lipinski definition) is 0. The van der Waals surface area contributed by atoms with Crippen LogP contribution < -0.4 is 9.47 Å². The second-order valence-electron chi connectivity index (χ2n) is 6.80. The topological polar surface area (TPSA) is 46.6 Å². The zero-order valence-corrected chi connectivity index (χ0v) is 16.7. The number of benzene rings is 4. The van der Waals surface area contributed by atoms with Gasteiger partial charge in [-0.1, -0.05) is 75.5 Å². The lowest BCUT2D eigenvalue weighted by molar-refractivity contribution is 0.120. The van der Waals surface area contributed by atoms with E-state index < -0.39 is 0 Å². The molecule has 0 fully saturated rings. The van der Waals surface area contributed by atoms with Crippen LogP contribution in [-0.2, 0) is 0 Å². The molecule has 0 aliphatic heterocycles. The first-order valence-electron chi connectivity index (χ1n) is 9.69. The van der Waals surface area contributed by atoms with Crippen molar-refractivity contribution in [3.63, 3.8) is 0 Å². The predicted molar refractivity (Wildman–Crippen MR) is 134 cm³/mol. The monoisotopic (exact) mass is 434 g/mol. The van der Waals surface area contributed by atoms with Gasteiger partial charge in [0.15, 0.2) is 5.69 Å². The molecular weight excluding hydrogens is 408 g/mol. The maximum atomic E-state index is 8.90. The molecule has 4 aromatic rings. The summed E-state index contributed by atoms with van der Waals surface area (Å²) in [5.74, 6) is 1.43. The van der Waals surface area contributed by atoms with E-state index in [4.69, 9.17) is 21.3 Å². The Balaban J connectivity index is 0.00000193. The molecule has 0 heterocycles. The molecular formula is C29H26N2O2.